The van der Waals surface area contributed by atoms with Crippen LogP contribution in [0.4, 0.5) is 4.39 Å². The molecule has 25 heavy (non-hydrogen) atoms. The van der Waals surface area contributed by atoms with Crippen LogP contribution in [0.1, 0.15) is 11.1 Å². The summed E-state index contributed by atoms with van der Waals surface area (Å²) >= 11 is 0. The first kappa shape index (κ1) is 18.3. The van der Waals surface area contributed by atoms with Crippen molar-refractivity contribution in [1.82, 2.24) is 0 Å². The van der Waals surface area contributed by atoms with E-state index in [0.29, 0.717) is 22.8 Å². The van der Waals surface area contributed by atoms with Crippen molar-refractivity contribution in [2.24, 2.45) is 0 Å². The Morgan fingerprint density at radius 3 is 2.32 bits per heavy atom. The molecule has 0 unspecified atom stereocenters. The first-order valence-corrected chi connectivity index (χ1v) is 7.46. The van der Waals surface area contributed by atoms with E-state index in [1.165, 1.54) is 38.5 Å². The average molecular weight is 346 g/mol. The predicted molar refractivity (Wildman–Crippen MR) is 91.3 cm³/mol. The first-order chi connectivity index (χ1) is 12.1. The van der Waals surface area contributed by atoms with Crippen molar-refractivity contribution in [2.45, 2.75) is 6.61 Å². The number of hydrogen-bond donors (Lipinski definition) is 0. The standard InChI is InChI=1S/C19H19FO5/c1-22-16-8-6-15(20)11-14(16)12-25-19(21)9-5-13-4-7-17(23-2)18(10-13)24-3/h4-11H,12H2,1-3H3/b9-5+. The molecule has 0 heterocycles. The molecule has 0 aromatic heterocycles. The van der Waals surface area contributed by atoms with Gasteiger partial charge in [-0.3, -0.25) is 0 Å². The van der Waals surface area contributed by atoms with Gasteiger partial charge in [0.15, 0.2) is 11.5 Å². The number of methoxy groups -OCH3 is 3. The Hall–Kier alpha value is -3.02. The summed E-state index contributed by atoms with van der Waals surface area (Å²) in [6.07, 6.45) is 2.88. The molecule has 2 rings (SSSR count). The Morgan fingerprint density at radius 2 is 1.64 bits per heavy atom. The van der Waals surface area contributed by atoms with Gasteiger partial charge in [0, 0.05) is 11.6 Å². The molecular formula is C19H19FO5. The predicted octanol–water partition coefficient (Wildman–Crippen LogP) is 3.61. The fraction of sp³-hybridized carbons (Fsp3) is 0.211. The quantitative estimate of drug-likeness (QED) is 0.566. The van der Waals surface area contributed by atoms with Gasteiger partial charge in [-0.2, -0.15) is 0 Å². The highest BCUT2D eigenvalue weighted by Gasteiger charge is 2.07. The van der Waals surface area contributed by atoms with E-state index < -0.39 is 11.8 Å². The third-order valence-electron chi connectivity index (χ3n) is 3.43. The van der Waals surface area contributed by atoms with Crippen molar-refractivity contribution < 1.29 is 28.1 Å². The van der Waals surface area contributed by atoms with Gasteiger partial charge in [0.1, 0.15) is 18.2 Å². The average Bonchev–Trinajstić information content (AvgIpc) is 2.64. The lowest BCUT2D eigenvalue weighted by molar-refractivity contribution is -0.138. The molecule has 2 aromatic rings. The number of rotatable bonds is 7. The van der Waals surface area contributed by atoms with Crippen LogP contribution in [0.3, 0.4) is 0 Å². The molecule has 6 heteroatoms. The van der Waals surface area contributed by atoms with Gasteiger partial charge in [-0.05, 0) is 42.0 Å². The Morgan fingerprint density at radius 1 is 0.960 bits per heavy atom. The Balaban J connectivity index is 2.01. The summed E-state index contributed by atoms with van der Waals surface area (Å²) in [7, 11) is 4.55. The van der Waals surface area contributed by atoms with E-state index in [0.717, 1.165) is 5.56 Å². The van der Waals surface area contributed by atoms with E-state index in [9.17, 15) is 9.18 Å². The second-order valence-corrected chi connectivity index (χ2v) is 5.01. The maximum absolute atomic E-state index is 13.3. The van der Waals surface area contributed by atoms with Crippen molar-refractivity contribution in [2.75, 3.05) is 21.3 Å². The van der Waals surface area contributed by atoms with Gasteiger partial charge in [0.05, 0.1) is 21.3 Å². The van der Waals surface area contributed by atoms with E-state index in [4.69, 9.17) is 18.9 Å². The molecule has 0 aliphatic carbocycles. The van der Waals surface area contributed by atoms with E-state index in [-0.39, 0.29) is 6.61 Å². The SMILES string of the molecule is COc1ccc(F)cc1COC(=O)/C=C/c1ccc(OC)c(OC)c1. The van der Waals surface area contributed by atoms with Crippen molar-refractivity contribution in [3.05, 3.63) is 59.4 Å². The minimum absolute atomic E-state index is 0.0873. The Labute approximate surface area is 145 Å². The third kappa shape index (κ3) is 4.97. The molecule has 0 spiro atoms. The maximum Gasteiger partial charge on any atom is 0.331 e. The van der Waals surface area contributed by atoms with Crippen LogP contribution in [0.2, 0.25) is 0 Å². The summed E-state index contributed by atoms with van der Waals surface area (Å²) in [5, 5.41) is 0. The molecule has 0 bridgehead atoms. The summed E-state index contributed by atoms with van der Waals surface area (Å²) in [6.45, 7) is -0.0873. The first-order valence-electron chi connectivity index (χ1n) is 7.46. The van der Waals surface area contributed by atoms with Gasteiger partial charge >= 0.3 is 5.97 Å². The topological polar surface area (TPSA) is 54.0 Å². The van der Waals surface area contributed by atoms with Crippen LogP contribution in [0.15, 0.2) is 42.5 Å². The number of carbonyl (C=O) groups is 1. The molecule has 5 nitrogen and oxygen atoms in total. The fourth-order valence-electron chi connectivity index (χ4n) is 2.18. The van der Waals surface area contributed by atoms with Crippen LogP contribution in [0.25, 0.3) is 6.08 Å². The van der Waals surface area contributed by atoms with Gasteiger partial charge < -0.3 is 18.9 Å². The molecule has 0 aliphatic rings. The number of benzene rings is 2. The summed E-state index contributed by atoms with van der Waals surface area (Å²) in [5.74, 6) is 0.634. The van der Waals surface area contributed by atoms with Crippen LogP contribution >= 0.6 is 0 Å². The van der Waals surface area contributed by atoms with Crippen LogP contribution in [0, 0.1) is 5.82 Å². The van der Waals surface area contributed by atoms with Crippen LogP contribution in [0.5, 0.6) is 17.2 Å². The summed E-state index contributed by atoms with van der Waals surface area (Å²) < 4.78 is 33.9. The molecule has 0 radical (unpaired) electrons. The molecule has 0 saturated carbocycles. The second-order valence-electron chi connectivity index (χ2n) is 5.01. The van der Waals surface area contributed by atoms with E-state index >= 15 is 0 Å². The van der Waals surface area contributed by atoms with Crippen LogP contribution in [-0.4, -0.2) is 27.3 Å². The smallest absolute Gasteiger partial charge is 0.331 e. The lowest BCUT2D eigenvalue weighted by Gasteiger charge is -2.09. The molecular weight excluding hydrogens is 327 g/mol. The number of carbonyl (C=O) groups excluding carboxylic acids is 1. The van der Waals surface area contributed by atoms with Crippen LogP contribution < -0.4 is 14.2 Å². The molecule has 2 aromatic carbocycles. The van der Waals surface area contributed by atoms with Gasteiger partial charge in [-0.25, -0.2) is 9.18 Å². The molecule has 0 saturated heterocycles. The Kier molecular flexibility index (Phi) is 6.39. The van der Waals surface area contributed by atoms with Crippen molar-refractivity contribution in [3.63, 3.8) is 0 Å². The monoisotopic (exact) mass is 346 g/mol. The fourth-order valence-corrected chi connectivity index (χ4v) is 2.18. The third-order valence-corrected chi connectivity index (χ3v) is 3.43. The van der Waals surface area contributed by atoms with Crippen molar-refractivity contribution in [3.8, 4) is 17.2 Å². The Bertz CT molecular complexity index is 770. The number of ether oxygens (including phenoxy) is 4. The molecule has 0 fully saturated rings. The highest BCUT2D eigenvalue weighted by Crippen LogP contribution is 2.28. The zero-order chi connectivity index (χ0) is 18.2. The molecule has 0 amide bonds. The van der Waals surface area contributed by atoms with E-state index in [1.54, 1.807) is 31.4 Å². The number of hydrogen-bond acceptors (Lipinski definition) is 5. The van der Waals surface area contributed by atoms with Gasteiger partial charge in [0.2, 0.25) is 0 Å². The van der Waals surface area contributed by atoms with Crippen molar-refractivity contribution >= 4 is 12.0 Å². The second kappa shape index (κ2) is 8.73. The van der Waals surface area contributed by atoms with Gasteiger partial charge in [-0.1, -0.05) is 6.07 Å². The summed E-state index contributed by atoms with van der Waals surface area (Å²) in [5.41, 5.74) is 1.20. The lowest BCUT2D eigenvalue weighted by Crippen LogP contribution is -2.02. The molecule has 0 aliphatic heterocycles. The largest absolute Gasteiger partial charge is 0.496 e. The van der Waals surface area contributed by atoms with Gasteiger partial charge in [-0.15, -0.1) is 0 Å². The zero-order valence-electron chi connectivity index (χ0n) is 14.2. The zero-order valence-corrected chi connectivity index (χ0v) is 14.2. The highest BCUT2D eigenvalue weighted by molar-refractivity contribution is 5.87. The van der Waals surface area contributed by atoms with E-state index in [1.807, 2.05) is 0 Å². The summed E-state index contributed by atoms with van der Waals surface area (Å²) in [6, 6.07) is 9.28. The van der Waals surface area contributed by atoms with E-state index in [2.05, 4.69) is 0 Å². The maximum atomic E-state index is 13.3. The lowest BCUT2D eigenvalue weighted by atomic mass is 10.2. The normalized spacial score (nSPS) is 10.6. The molecule has 0 N–H and O–H groups in total. The molecule has 0 atom stereocenters. The number of esters is 1. The minimum atomic E-state index is -0.555. The van der Waals surface area contributed by atoms with Crippen molar-refractivity contribution in [1.29, 1.82) is 0 Å². The highest BCUT2D eigenvalue weighted by atomic mass is 19.1. The number of halogens is 1. The molecule has 132 valence electrons. The van der Waals surface area contributed by atoms with Gasteiger partial charge in [0.25, 0.3) is 0 Å². The van der Waals surface area contributed by atoms with Crippen LogP contribution in [-0.2, 0) is 16.1 Å². The minimum Gasteiger partial charge on any atom is -0.496 e. The summed E-state index contributed by atoms with van der Waals surface area (Å²) in [4.78, 5) is 11.9.